The molecule has 33 heavy (non-hydrogen) atoms. The van der Waals surface area contributed by atoms with Crippen molar-refractivity contribution in [2.24, 2.45) is 0 Å². The normalized spacial score (nSPS) is 14.9. The molecule has 0 spiro atoms. The molecule has 0 unspecified atom stereocenters. The molecule has 1 saturated heterocycles. The van der Waals surface area contributed by atoms with Gasteiger partial charge in [0.15, 0.2) is 0 Å². The Bertz CT molecular complexity index is 1200. The first-order valence-electron chi connectivity index (χ1n) is 10.6. The average molecular weight is 550 g/mol. The smallest absolute Gasteiger partial charge is 0.229 e. The molecule has 0 amide bonds. The lowest BCUT2D eigenvalue weighted by atomic mass is 10.2. The predicted molar refractivity (Wildman–Crippen MR) is 143 cm³/mol. The SMILES string of the molecule is CN1CCN(c2ccc(Nc3ncc(Br)c(Nc4ccccc4P(C)(C)=O)n3)cc2Cl)CC1. The van der Waals surface area contributed by atoms with Crippen molar-refractivity contribution in [3.63, 3.8) is 0 Å². The molecule has 2 heterocycles. The van der Waals surface area contributed by atoms with Gasteiger partial charge in [-0.25, -0.2) is 4.98 Å². The number of para-hydroxylation sites is 1. The number of hydrogen-bond donors (Lipinski definition) is 2. The minimum atomic E-state index is -2.46. The van der Waals surface area contributed by atoms with Crippen LogP contribution in [0.3, 0.4) is 0 Å². The first kappa shape index (κ1) is 24.0. The summed E-state index contributed by atoms with van der Waals surface area (Å²) < 4.78 is 13.4. The lowest BCUT2D eigenvalue weighted by Gasteiger charge is -2.34. The first-order chi connectivity index (χ1) is 15.7. The summed E-state index contributed by atoms with van der Waals surface area (Å²) in [5.41, 5.74) is 2.60. The molecule has 0 aliphatic carbocycles. The molecule has 1 fully saturated rings. The van der Waals surface area contributed by atoms with Gasteiger partial charge in [0.2, 0.25) is 5.95 Å². The summed E-state index contributed by atoms with van der Waals surface area (Å²) in [4.78, 5) is 13.6. The molecule has 0 radical (unpaired) electrons. The Morgan fingerprint density at radius 3 is 2.48 bits per heavy atom. The van der Waals surface area contributed by atoms with E-state index in [2.05, 4.69) is 53.4 Å². The predicted octanol–water partition coefficient (Wildman–Crippen LogP) is 5.38. The van der Waals surface area contributed by atoms with Gasteiger partial charge in [-0.05, 0) is 66.6 Å². The van der Waals surface area contributed by atoms with E-state index in [0.29, 0.717) is 21.3 Å². The summed E-state index contributed by atoms with van der Waals surface area (Å²) in [6, 6.07) is 13.5. The molecule has 2 aromatic carbocycles. The topological polar surface area (TPSA) is 73.4 Å². The van der Waals surface area contributed by atoms with E-state index in [1.54, 1.807) is 19.5 Å². The third-order valence-electron chi connectivity index (χ3n) is 5.53. The number of nitrogens with zero attached hydrogens (tertiary/aromatic N) is 4. The van der Waals surface area contributed by atoms with E-state index < -0.39 is 7.14 Å². The Labute approximate surface area is 208 Å². The third kappa shape index (κ3) is 5.87. The van der Waals surface area contributed by atoms with Crippen molar-refractivity contribution in [3.8, 4) is 0 Å². The average Bonchev–Trinajstić information content (AvgIpc) is 2.77. The second-order valence-corrected chi connectivity index (χ2v) is 12.9. The van der Waals surface area contributed by atoms with Crippen LogP contribution in [0, 0.1) is 0 Å². The van der Waals surface area contributed by atoms with Crippen LogP contribution in [-0.2, 0) is 4.57 Å². The number of rotatable bonds is 6. The fourth-order valence-corrected chi connectivity index (χ4v) is 5.45. The fourth-order valence-electron chi connectivity index (χ4n) is 3.71. The van der Waals surface area contributed by atoms with Gasteiger partial charge in [-0.2, -0.15) is 4.98 Å². The molecule has 3 aromatic rings. The fraction of sp³-hybridized carbons (Fsp3) is 0.304. The standard InChI is InChI=1S/C23H27BrClN6OP/c1-30-10-12-31(13-11-30)20-9-8-16(14-18(20)25)27-23-26-15-17(24)22(29-23)28-19-6-4-5-7-21(19)33(2,3)32/h4-9,14-15H,10-13H2,1-3H3,(H2,26,27,28,29). The Hall–Kier alpha value is -2.12. The van der Waals surface area contributed by atoms with Crippen LogP contribution in [-0.4, -0.2) is 61.4 Å². The van der Waals surface area contributed by atoms with Gasteiger partial charge in [0.25, 0.3) is 0 Å². The maximum absolute atomic E-state index is 12.7. The number of aromatic nitrogens is 2. The van der Waals surface area contributed by atoms with Crippen molar-refractivity contribution in [1.29, 1.82) is 0 Å². The zero-order valence-electron chi connectivity index (χ0n) is 18.8. The van der Waals surface area contributed by atoms with Crippen LogP contribution in [0.15, 0.2) is 53.1 Å². The summed E-state index contributed by atoms with van der Waals surface area (Å²) >= 11 is 10.1. The monoisotopic (exact) mass is 548 g/mol. The molecule has 4 rings (SSSR count). The van der Waals surface area contributed by atoms with Crippen LogP contribution in [0.1, 0.15) is 0 Å². The van der Waals surface area contributed by atoms with E-state index in [0.717, 1.165) is 48.5 Å². The van der Waals surface area contributed by atoms with Crippen LogP contribution in [0.4, 0.5) is 28.8 Å². The number of anilines is 5. The minimum absolute atomic E-state index is 0.428. The maximum Gasteiger partial charge on any atom is 0.229 e. The van der Waals surface area contributed by atoms with Crippen LogP contribution in [0.5, 0.6) is 0 Å². The number of likely N-dealkylation sites (N-methyl/N-ethyl adjacent to an activating group) is 1. The van der Waals surface area contributed by atoms with Crippen molar-refractivity contribution in [2.75, 3.05) is 62.1 Å². The van der Waals surface area contributed by atoms with E-state index in [4.69, 9.17) is 11.6 Å². The van der Waals surface area contributed by atoms with Crippen LogP contribution < -0.4 is 20.8 Å². The molecule has 2 N–H and O–H groups in total. The number of benzene rings is 2. The third-order valence-corrected chi connectivity index (χ3v) is 7.96. The van der Waals surface area contributed by atoms with E-state index in [1.165, 1.54) is 0 Å². The molecular weight excluding hydrogens is 523 g/mol. The van der Waals surface area contributed by atoms with Crippen LogP contribution >= 0.6 is 34.7 Å². The van der Waals surface area contributed by atoms with Gasteiger partial charge in [0, 0.05) is 43.4 Å². The van der Waals surface area contributed by atoms with Crippen molar-refractivity contribution >= 4 is 68.8 Å². The van der Waals surface area contributed by atoms with Gasteiger partial charge in [-0.15, -0.1) is 0 Å². The highest BCUT2D eigenvalue weighted by atomic mass is 79.9. The second kappa shape index (κ2) is 10.0. The quantitative estimate of drug-likeness (QED) is 0.400. The zero-order chi connectivity index (χ0) is 23.6. The van der Waals surface area contributed by atoms with E-state index in [-0.39, 0.29) is 0 Å². The molecule has 1 aliphatic rings. The summed E-state index contributed by atoms with van der Waals surface area (Å²) in [5, 5.41) is 7.99. The van der Waals surface area contributed by atoms with Gasteiger partial charge in [-0.1, -0.05) is 23.7 Å². The Kier molecular flexibility index (Phi) is 7.29. The highest BCUT2D eigenvalue weighted by Gasteiger charge is 2.18. The van der Waals surface area contributed by atoms with Crippen molar-refractivity contribution in [1.82, 2.24) is 14.9 Å². The van der Waals surface area contributed by atoms with Gasteiger partial charge >= 0.3 is 0 Å². The van der Waals surface area contributed by atoms with Crippen molar-refractivity contribution < 1.29 is 4.57 Å². The van der Waals surface area contributed by atoms with E-state index in [9.17, 15) is 4.57 Å². The van der Waals surface area contributed by atoms with Gasteiger partial charge in [0.05, 0.1) is 20.9 Å². The number of piperazine rings is 1. The lowest BCUT2D eigenvalue weighted by molar-refractivity contribution is 0.313. The first-order valence-corrected chi connectivity index (χ1v) is 14.4. The molecule has 10 heteroatoms. The largest absolute Gasteiger partial charge is 0.368 e. The molecule has 7 nitrogen and oxygen atoms in total. The van der Waals surface area contributed by atoms with Gasteiger partial charge in [0.1, 0.15) is 13.0 Å². The van der Waals surface area contributed by atoms with Crippen molar-refractivity contribution in [3.05, 3.63) is 58.2 Å². The van der Waals surface area contributed by atoms with Gasteiger partial charge < -0.3 is 25.0 Å². The molecule has 1 aromatic heterocycles. The molecule has 0 bridgehead atoms. The van der Waals surface area contributed by atoms with E-state index >= 15 is 0 Å². The lowest BCUT2D eigenvalue weighted by Crippen LogP contribution is -2.44. The molecule has 0 saturated carbocycles. The highest BCUT2D eigenvalue weighted by molar-refractivity contribution is 9.10. The second-order valence-electron chi connectivity index (χ2n) is 8.46. The summed E-state index contributed by atoms with van der Waals surface area (Å²) in [7, 11) is -0.324. The Morgan fingerprint density at radius 1 is 1.06 bits per heavy atom. The number of nitrogens with one attached hydrogen (secondary N) is 2. The summed E-state index contributed by atoms with van der Waals surface area (Å²) in [6.07, 6.45) is 1.68. The van der Waals surface area contributed by atoms with E-state index in [1.807, 2.05) is 42.5 Å². The molecule has 174 valence electrons. The Morgan fingerprint density at radius 2 is 1.79 bits per heavy atom. The van der Waals surface area contributed by atoms with Crippen molar-refractivity contribution in [2.45, 2.75) is 0 Å². The molecule has 1 aliphatic heterocycles. The summed E-state index contributed by atoms with van der Waals surface area (Å²) in [6.45, 7) is 7.46. The minimum Gasteiger partial charge on any atom is -0.368 e. The van der Waals surface area contributed by atoms with Crippen LogP contribution in [0.25, 0.3) is 0 Å². The maximum atomic E-state index is 12.7. The number of halogens is 2. The number of hydrogen-bond acceptors (Lipinski definition) is 7. The molecule has 0 atom stereocenters. The van der Waals surface area contributed by atoms with Gasteiger partial charge in [-0.3, -0.25) is 0 Å². The Balaban J connectivity index is 1.53. The highest BCUT2D eigenvalue weighted by Crippen LogP contribution is 2.38. The molecular formula is C23H27BrClN6OP. The van der Waals surface area contributed by atoms with Crippen LogP contribution in [0.2, 0.25) is 5.02 Å². The summed E-state index contributed by atoms with van der Waals surface area (Å²) in [5.74, 6) is 1.01. The zero-order valence-corrected chi connectivity index (χ0v) is 22.1.